The van der Waals surface area contributed by atoms with Gasteiger partial charge in [0.1, 0.15) is 6.26 Å². The molecule has 2 heterocycles. The quantitative estimate of drug-likeness (QED) is 0.690. The molecule has 1 atom stereocenters. The molecule has 1 aliphatic rings. The van der Waals surface area contributed by atoms with Crippen molar-refractivity contribution in [1.82, 2.24) is 10.1 Å². The van der Waals surface area contributed by atoms with Crippen LogP contribution in [0.5, 0.6) is 0 Å². The highest BCUT2D eigenvalue weighted by Gasteiger charge is 2.24. The van der Waals surface area contributed by atoms with E-state index in [4.69, 9.17) is 4.52 Å². The molecule has 1 fully saturated rings. The molecule has 1 amide bonds. The van der Waals surface area contributed by atoms with Crippen LogP contribution in [0.1, 0.15) is 24.5 Å². The van der Waals surface area contributed by atoms with Gasteiger partial charge in [0.25, 0.3) is 0 Å². The average Bonchev–Trinajstić information content (AvgIpc) is 2.82. The van der Waals surface area contributed by atoms with Crippen LogP contribution in [0.4, 0.5) is 0 Å². The van der Waals surface area contributed by atoms with Gasteiger partial charge in [0.05, 0.1) is 5.69 Å². The van der Waals surface area contributed by atoms with Crippen LogP contribution in [-0.2, 0) is 4.79 Å². The Balaban J connectivity index is 2.04. The molecule has 1 aromatic heterocycles. The molecule has 0 saturated carbocycles. The Hall–Kier alpha value is -1.58. The van der Waals surface area contributed by atoms with E-state index in [0.29, 0.717) is 5.92 Å². The number of aromatic nitrogens is 1. The monoisotopic (exact) mass is 206 g/mol. The molecule has 0 bridgehead atoms. The van der Waals surface area contributed by atoms with Gasteiger partial charge in [0, 0.05) is 25.1 Å². The number of rotatable bonds is 2. The summed E-state index contributed by atoms with van der Waals surface area (Å²) in [5.74, 6) is 0.310. The SMILES string of the molecule is C=CC(=O)N1CCCC(c2ccon2)C1. The minimum absolute atomic E-state index is 0.00296. The Morgan fingerprint density at radius 3 is 3.27 bits per heavy atom. The Bertz CT molecular complexity index is 345. The second kappa shape index (κ2) is 4.29. The van der Waals surface area contributed by atoms with Crippen molar-refractivity contribution in [1.29, 1.82) is 0 Å². The Kier molecular flexibility index (Phi) is 2.85. The van der Waals surface area contributed by atoms with Gasteiger partial charge in [-0.1, -0.05) is 11.7 Å². The van der Waals surface area contributed by atoms with Gasteiger partial charge in [-0.05, 0) is 18.9 Å². The zero-order valence-corrected chi connectivity index (χ0v) is 8.56. The molecule has 2 rings (SSSR count). The van der Waals surface area contributed by atoms with Crippen molar-refractivity contribution in [2.75, 3.05) is 13.1 Å². The fourth-order valence-electron chi connectivity index (χ4n) is 1.98. The smallest absolute Gasteiger partial charge is 0.245 e. The van der Waals surface area contributed by atoms with E-state index >= 15 is 0 Å². The molecule has 0 spiro atoms. The Morgan fingerprint density at radius 2 is 2.60 bits per heavy atom. The summed E-state index contributed by atoms with van der Waals surface area (Å²) in [6.45, 7) is 5.04. The first-order valence-corrected chi connectivity index (χ1v) is 5.13. The fraction of sp³-hybridized carbons (Fsp3) is 0.455. The maximum Gasteiger partial charge on any atom is 0.245 e. The third-order valence-electron chi connectivity index (χ3n) is 2.78. The molecule has 0 aromatic carbocycles. The van der Waals surface area contributed by atoms with Crippen LogP contribution >= 0.6 is 0 Å². The first-order valence-electron chi connectivity index (χ1n) is 5.13. The lowest BCUT2D eigenvalue weighted by molar-refractivity contribution is -0.127. The molecule has 0 aliphatic carbocycles. The zero-order chi connectivity index (χ0) is 10.7. The maximum atomic E-state index is 11.4. The molecule has 1 aliphatic heterocycles. The van der Waals surface area contributed by atoms with E-state index in [9.17, 15) is 4.79 Å². The van der Waals surface area contributed by atoms with Crippen molar-refractivity contribution < 1.29 is 9.32 Å². The highest BCUT2D eigenvalue weighted by Crippen LogP contribution is 2.25. The number of carbonyl (C=O) groups is 1. The van der Waals surface area contributed by atoms with Crippen molar-refractivity contribution in [3.63, 3.8) is 0 Å². The second-order valence-corrected chi connectivity index (χ2v) is 3.75. The van der Waals surface area contributed by atoms with Gasteiger partial charge >= 0.3 is 0 Å². The van der Waals surface area contributed by atoms with Gasteiger partial charge in [-0.2, -0.15) is 0 Å². The third kappa shape index (κ3) is 2.09. The topological polar surface area (TPSA) is 46.3 Å². The van der Waals surface area contributed by atoms with Crippen molar-refractivity contribution in [3.8, 4) is 0 Å². The van der Waals surface area contributed by atoms with Gasteiger partial charge in [0.15, 0.2) is 0 Å². The fourth-order valence-corrected chi connectivity index (χ4v) is 1.98. The van der Waals surface area contributed by atoms with E-state index < -0.39 is 0 Å². The summed E-state index contributed by atoms with van der Waals surface area (Å²) < 4.78 is 4.82. The maximum absolute atomic E-state index is 11.4. The zero-order valence-electron chi connectivity index (χ0n) is 8.56. The molecule has 0 N–H and O–H groups in total. The summed E-state index contributed by atoms with van der Waals surface area (Å²) >= 11 is 0. The van der Waals surface area contributed by atoms with Crippen LogP contribution in [0.25, 0.3) is 0 Å². The van der Waals surface area contributed by atoms with E-state index in [0.717, 1.165) is 31.6 Å². The largest absolute Gasteiger partial charge is 0.365 e. The number of amides is 1. The van der Waals surface area contributed by atoms with Crippen LogP contribution in [0.3, 0.4) is 0 Å². The minimum Gasteiger partial charge on any atom is -0.365 e. The molecular formula is C11H14N2O2. The van der Waals surface area contributed by atoms with Crippen molar-refractivity contribution >= 4 is 5.91 Å². The van der Waals surface area contributed by atoms with Crippen molar-refractivity contribution in [2.45, 2.75) is 18.8 Å². The average molecular weight is 206 g/mol. The standard InChI is InChI=1S/C11H14N2O2/c1-2-11(14)13-6-3-4-9(8-13)10-5-7-15-12-10/h2,5,7,9H,1,3-4,6,8H2. The number of nitrogens with zero attached hydrogens (tertiary/aromatic N) is 2. The lowest BCUT2D eigenvalue weighted by Crippen LogP contribution is -2.38. The van der Waals surface area contributed by atoms with Gasteiger partial charge < -0.3 is 9.42 Å². The van der Waals surface area contributed by atoms with Crippen LogP contribution in [-0.4, -0.2) is 29.1 Å². The van der Waals surface area contributed by atoms with E-state index in [1.54, 1.807) is 6.26 Å². The van der Waals surface area contributed by atoms with E-state index in [1.807, 2.05) is 11.0 Å². The molecule has 80 valence electrons. The molecule has 15 heavy (non-hydrogen) atoms. The number of carbonyl (C=O) groups excluding carboxylic acids is 1. The molecule has 4 nitrogen and oxygen atoms in total. The Labute approximate surface area is 88.5 Å². The lowest BCUT2D eigenvalue weighted by Gasteiger charge is -2.30. The Morgan fingerprint density at radius 1 is 1.73 bits per heavy atom. The van der Waals surface area contributed by atoms with Crippen LogP contribution in [0, 0.1) is 0 Å². The van der Waals surface area contributed by atoms with Crippen molar-refractivity contribution in [3.05, 3.63) is 30.7 Å². The molecule has 0 radical (unpaired) electrons. The number of piperidine rings is 1. The first-order chi connectivity index (χ1) is 7.31. The second-order valence-electron chi connectivity index (χ2n) is 3.75. The lowest BCUT2D eigenvalue weighted by atomic mass is 9.95. The summed E-state index contributed by atoms with van der Waals surface area (Å²) in [5.41, 5.74) is 0.941. The van der Waals surface area contributed by atoms with Gasteiger partial charge in [-0.3, -0.25) is 4.79 Å². The summed E-state index contributed by atoms with van der Waals surface area (Å²) in [7, 11) is 0. The van der Waals surface area contributed by atoms with E-state index in [2.05, 4.69) is 11.7 Å². The third-order valence-corrected chi connectivity index (χ3v) is 2.78. The van der Waals surface area contributed by atoms with Crippen LogP contribution in [0.2, 0.25) is 0 Å². The van der Waals surface area contributed by atoms with E-state index in [-0.39, 0.29) is 5.91 Å². The van der Waals surface area contributed by atoms with Crippen LogP contribution < -0.4 is 0 Å². The predicted molar refractivity (Wildman–Crippen MR) is 55.3 cm³/mol. The normalized spacial score (nSPS) is 21.3. The molecular weight excluding hydrogens is 192 g/mol. The van der Waals surface area contributed by atoms with Crippen molar-refractivity contribution in [2.24, 2.45) is 0 Å². The summed E-state index contributed by atoms with van der Waals surface area (Å²) in [6.07, 6.45) is 5.01. The highest BCUT2D eigenvalue weighted by molar-refractivity contribution is 5.87. The minimum atomic E-state index is 0.00296. The highest BCUT2D eigenvalue weighted by atomic mass is 16.5. The molecule has 1 saturated heterocycles. The molecule has 1 unspecified atom stereocenters. The van der Waals surface area contributed by atoms with E-state index in [1.165, 1.54) is 6.08 Å². The van der Waals surface area contributed by atoms with Crippen LogP contribution in [0.15, 0.2) is 29.5 Å². The first kappa shape index (κ1) is 9.96. The summed E-state index contributed by atoms with van der Waals surface area (Å²) in [5, 5.41) is 3.92. The predicted octanol–water partition coefficient (Wildman–Crippen LogP) is 1.57. The number of hydrogen-bond donors (Lipinski definition) is 0. The number of likely N-dealkylation sites (tertiary alicyclic amines) is 1. The van der Waals surface area contributed by atoms with Gasteiger partial charge in [-0.25, -0.2) is 0 Å². The molecule has 1 aromatic rings. The molecule has 4 heteroatoms. The summed E-state index contributed by atoms with van der Waals surface area (Å²) in [6, 6.07) is 1.87. The van der Waals surface area contributed by atoms with Gasteiger partial charge in [0.2, 0.25) is 5.91 Å². The summed E-state index contributed by atoms with van der Waals surface area (Å²) in [4.78, 5) is 13.3. The van der Waals surface area contributed by atoms with Gasteiger partial charge in [-0.15, -0.1) is 0 Å². The number of hydrogen-bond acceptors (Lipinski definition) is 3.